The smallest absolute Gasteiger partial charge is 0.221 e. The maximum atomic E-state index is 11.8. The monoisotopic (exact) mass is 374 g/mol. The Hall–Kier alpha value is -3.41. The SMILES string of the molecule is CC(=O)Nc1cc(-c2c(C)noc2C)cc2c1nc(C)n2Cc1ccccc1. The molecule has 0 saturated heterocycles. The van der Waals surface area contributed by atoms with Gasteiger partial charge in [0.1, 0.15) is 17.1 Å². The molecule has 0 aliphatic heterocycles. The van der Waals surface area contributed by atoms with Crippen molar-refractivity contribution < 1.29 is 9.32 Å². The highest BCUT2D eigenvalue weighted by Crippen LogP contribution is 2.34. The molecule has 0 saturated carbocycles. The fraction of sp³-hybridized carbons (Fsp3) is 0.227. The number of carbonyl (C=O) groups excluding carboxylic acids is 1. The zero-order valence-corrected chi connectivity index (χ0v) is 16.4. The minimum Gasteiger partial charge on any atom is -0.361 e. The van der Waals surface area contributed by atoms with Gasteiger partial charge in [-0.1, -0.05) is 35.5 Å². The molecule has 0 spiro atoms. The van der Waals surface area contributed by atoms with Crippen molar-refractivity contribution in [1.82, 2.24) is 14.7 Å². The highest BCUT2D eigenvalue weighted by Gasteiger charge is 2.18. The van der Waals surface area contributed by atoms with Crippen molar-refractivity contribution in [2.45, 2.75) is 34.2 Å². The third-order valence-corrected chi connectivity index (χ3v) is 4.86. The van der Waals surface area contributed by atoms with Gasteiger partial charge in [-0.3, -0.25) is 4.79 Å². The molecule has 1 N–H and O–H groups in total. The molecule has 142 valence electrons. The first-order valence-corrected chi connectivity index (χ1v) is 9.19. The minimum absolute atomic E-state index is 0.132. The first kappa shape index (κ1) is 18.0. The molecular formula is C22H22N4O2. The van der Waals surface area contributed by atoms with Crippen LogP contribution in [0.3, 0.4) is 0 Å². The van der Waals surface area contributed by atoms with E-state index in [1.54, 1.807) is 0 Å². The number of imidazole rings is 1. The van der Waals surface area contributed by atoms with Crippen LogP contribution in [-0.4, -0.2) is 20.6 Å². The van der Waals surface area contributed by atoms with Gasteiger partial charge in [0.2, 0.25) is 5.91 Å². The molecule has 4 rings (SSSR count). The summed E-state index contributed by atoms with van der Waals surface area (Å²) in [4.78, 5) is 16.5. The van der Waals surface area contributed by atoms with Crippen molar-refractivity contribution in [3.63, 3.8) is 0 Å². The molecule has 0 radical (unpaired) electrons. The van der Waals surface area contributed by atoms with Crippen LogP contribution in [0.1, 0.15) is 29.8 Å². The van der Waals surface area contributed by atoms with Crippen LogP contribution in [0.4, 0.5) is 5.69 Å². The summed E-state index contributed by atoms with van der Waals surface area (Å²) in [6.45, 7) is 8.00. The Morgan fingerprint density at radius 3 is 2.54 bits per heavy atom. The summed E-state index contributed by atoms with van der Waals surface area (Å²) >= 11 is 0. The molecule has 0 aliphatic rings. The topological polar surface area (TPSA) is 73.0 Å². The van der Waals surface area contributed by atoms with E-state index in [9.17, 15) is 4.79 Å². The highest BCUT2D eigenvalue weighted by molar-refractivity contribution is 6.01. The summed E-state index contributed by atoms with van der Waals surface area (Å²) in [5.41, 5.74) is 6.32. The van der Waals surface area contributed by atoms with E-state index in [1.165, 1.54) is 12.5 Å². The van der Waals surface area contributed by atoms with E-state index in [1.807, 2.05) is 45.0 Å². The molecule has 28 heavy (non-hydrogen) atoms. The Labute approximate surface area is 163 Å². The van der Waals surface area contributed by atoms with E-state index < -0.39 is 0 Å². The number of aromatic nitrogens is 3. The molecule has 0 unspecified atom stereocenters. The zero-order chi connectivity index (χ0) is 19.8. The van der Waals surface area contributed by atoms with Crippen molar-refractivity contribution in [3.05, 3.63) is 65.3 Å². The molecule has 0 fully saturated rings. The van der Waals surface area contributed by atoms with Gasteiger partial charge < -0.3 is 14.4 Å². The molecule has 0 bridgehead atoms. The van der Waals surface area contributed by atoms with Crippen LogP contribution >= 0.6 is 0 Å². The van der Waals surface area contributed by atoms with Crippen LogP contribution in [0, 0.1) is 20.8 Å². The molecular weight excluding hydrogens is 352 g/mol. The number of rotatable bonds is 4. The number of carbonyl (C=O) groups is 1. The summed E-state index contributed by atoms with van der Waals surface area (Å²) in [5.74, 6) is 1.50. The molecule has 0 atom stereocenters. The van der Waals surface area contributed by atoms with Gasteiger partial charge in [-0.05, 0) is 44.0 Å². The van der Waals surface area contributed by atoms with E-state index in [4.69, 9.17) is 9.51 Å². The summed E-state index contributed by atoms with van der Waals surface area (Å²) < 4.78 is 7.52. The van der Waals surface area contributed by atoms with Crippen LogP contribution in [0.2, 0.25) is 0 Å². The second-order valence-corrected chi connectivity index (χ2v) is 7.00. The molecule has 6 nitrogen and oxygen atoms in total. The number of aryl methyl sites for hydroxylation is 3. The summed E-state index contributed by atoms with van der Waals surface area (Å²) in [7, 11) is 0. The Morgan fingerprint density at radius 1 is 1.14 bits per heavy atom. The van der Waals surface area contributed by atoms with E-state index in [0.717, 1.165) is 39.4 Å². The van der Waals surface area contributed by atoms with Crippen molar-refractivity contribution in [3.8, 4) is 11.1 Å². The highest BCUT2D eigenvalue weighted by atomic mass is 16.5. The number of amides is 1. The molecule has 1 amide bonds. The van der Waals surface area contributed by atoms with Gasteiger partial charge in [0, 0.05) is 19.0 Å². The number of hydrogen-bond donors (Lipinski definition) is 1. The summed E-state index contributed by atoms with van der Waals surface area (Å²) in [6, 6.07) is 14.3. The number of benzene rings is 2. The second kappa shape index (κ2) is 6.96. The third-order valence-electron chi connectivity index (χ3n) is 4.86. The number of hydrogen-bond acceptors (Lipinski definition) is 4. The lowest BCUT2D eigenvalue weighted by Gasteiger charge is -2.11. The largest absolute Gasteiger partial charge is 0.361 e. The predicted molar refractivity (Wildman–Crippen MR) is 109 cm³/mol. The Morgan fingerprint density at radius 2 is 1.89 bits per heavy atom. The van der Waals surface area contributed by atoms with Crippen LogP contribution < -0.4 is 5.32 Å². The van der Waals surface area contributed by atoms with E-state index in [2.05, 4.69) is 33.2 Å². The number of anilines is 1. The van der Waals surface area contributed by atoms with Crippen molar-refractivity contribution in [2.75, 3.05) is 5.32 Å². The quantitative estimate of drug-likeness (QED) is 0.565. The normalized spacial score (nSPS) is 11.1. The van der Waals surface area contributed by atoms with Gasteiger partial charge in [0.15, 0.2) is 0 Å². The average molecular weight is 374 g/mol. The van der Waals surface area contributed by atoms with Crippen molar-refractivity contribution >= 4 is 22.6 Å². The first-order valence-electron chi connectivity index (χ1n) is 9.19. The second-order valence-electron chi connectivity index (χ2n) is 7.00. The summed E-state index contributed by atoms with van der Waals surface area (Å²) in [5, 5.41) is 7.00. The lowest BCUT2D eigenvalue weighted by atomic mass is 10.0. The molecule has 0 aliphatic carbocycles. The Kier molecular flexibility index (Phi) is 4.47. The van der Waals surface area contributed by atoms with E-state index in [0.29, 0.717) is 12.2 Å². The van der Waals surface area contributed by atoms with Crippen molar-refractivity contribution in [2.24, 2.45) is 0 Å². The molecule has 2 aromatic carbocycles. The maximum Gasteiger partial charge on any atom is 0.221 e. The van der Waals surface area contributed by atoms with Crippen molar-refractivity contribution in [1.29, 1.82) is 0 Å². The lowest BCUT2D eigenvalue weighted by Crippen LogP contribution is -2.07. The summed E-state index contributed by atoms with van der Waals surface area (Å²) in [6.07, 6.45) is 0. The number of fused-ring (bicyclic) bond motifs is 1. The average Bonchev–Trinajstić information content (AvgIpc) is 3.15. The molecule has 6 heteroatoms. The van der Waals surface area contributed by atoms with Gasteiger partial charge in [-0.25, -0.2) is 4.98 Å². The lowest BCUT2D eigenvalue weighted by molar-refractivity contribution is -0.114. The molecule has 2 aromatic heterocycles. The van der Waals surface area contributed by atoms with Crippen LogP contribution in [0.5, 0.6) is 0 Å². The van der Waals surface area contributed by atoms with Gasteiger partial charge in [0.05, 0.1) is 16.9 Å². The number of nitrogens with one attached hydrogen (secondary N) is 1. The van der Waals surface area contributed by atoms with Crippen LogP contribution in [0.25, 0.3) is 22.2 Å². The third kappa shape index (κ3) is 3.17. The maximum absolute atomic E-state index is 11.8. The first-order chi connectivity index (χ1) is 13.4. The predicted octanol–water partition coefficient (Wildman–Crippen LogP) is 4.62. The van der Waals surface area contributed by atoms with Crippen LogP contribution in [0.15, 0.2) is 47.0 Å². The minimum atomic E-state index is -0.132. The zero-order valence-electron chi connectivity index (χ0n) is 16.4. The van der Waals surface area contributed by atoms with Gasteiger partial charge in [0.25, 0.3) is 0 Å². The Balaban J connectivity index is 1.95. The van der Waals surface area contributed by atoms with Gasteiger partial charge in [-0.2, -0.15) is 0 Å². The number of nitrogens with zero attached hydrogens (tertiary/aromatic N) is 3. The standard InChI is InChI=1S/C22H22N4O2/c1-13-21(14(2)28-25-13)18-10-19(24-16(4)27)22-20(11-18)26(15(3)23-22)12-17-8-6-5-7-9-17/h5-11H,12H2,1-4H3,(H,24,27). The van der Waals surface area contributed by atoms with E-state index >= 15 is 0 Å². The van der Waals surface area contributed by atoms with E-state index in [-0.39, 0.29) is 5.91 Å². The van der Waals surface area contributed by atoms with Crippen LogP contribution in [-0.2, 0) is 11.3 Å². The van der Waals surface area contributed by atoms with Gasteiger partial charge in [-0.15, -0.1) is 0 Å². The molecule has 2 heterocycles. The van der Waals surface area contributed by atoms with Gasteiger partial charge >= 0.3 is 0 Å². The Bertz CT molecular complexity index is 1150. The fourth-order valence-corrected chi connectivity index (χ4v) is 3.63. The molecule has 4 aromatic rings. The fourth-order valence-electron chi connectivity index (χ4n) is 3.63.